The van der Waals surface area contributed by atoms with Crippen LogP contribution in [-0.2, 0) is 6.42 Å². The van der Waals surface area contributed by atoms with Crippen LogP contribution in [0.5, 0.6) is 0 Å². The maximum absolute atomic E-state index is 5.99. The van der Waals surface area contributed by atoms with Crippen molar-refractivity contribution in [3.8, 4) is 0 Å². The first kappa shape index (κ1) is 15.1. The Morgan fingerprint density at radius 1 is 1.24 bits per heavy atom. The molecule has 0 radical (unpaired) electrons. The Balaban J connectivity index is 1.80. The number of benzene rings is 2. The van der Waals surface area contributed by atoms with Crippen LogP contribution in [0.3, 0.4) is 0 Å². The molecule has 2 aromatic rings. The maximum Gasteiger partial charge on any atom is 0.0406 e. The standard InChI is InChI=1S/C18H19BrClN/c1-2-17(12-6-8-13(20)9-7-12)21-18-11-10-14-15(18)4-3-5-16(14)19/h3-9,17-18,21H,2,10-11H2,1H3. The largest absolute Gasteiger partial charge is 0.303 e. The molecule has 1 aliphatic rings. The summed E-state index contributed by atoms with van der Waals surface area (Å²) in [6.45, 7) is 2.23. The third-order valence-corrected chi connectivity index (χ3v) is 5.29. The normalized spacial score (nSPS) is 18.5. The molecule has 3 rings (SSSR count). The highest BCUT2D eigenvalue weighted by Crippen LogP contribution is 2.37. The lowest BCUT2D eigenvalue weighted by molar-refractivity contribution is 0.433. The molecule has 110 valence electrons. The predicted molar refractivity (Wildman–Crippen MR) is 92.8 cm³/mol. The van der Waals surface area contributed by atoms with E-state index in [4.69, 9.17) is 11.6 Å². The van der Waals surface area contributed by atoms with Gasteiger partial charge in [0, 0.05) is 21.6 Å². The van der Waals surface area contributed by atoms with Gasteiger partial charge in [-0.05, 0) is 54.2 Å². The van der Waals surface area contributed by atoms with Gasteiger partial charge in [0.2, 0.25) is 0 Å². The van der Waals surface area contributed by atoms with E-state index < -0.39 is 0 Å². The first-order valence-corrected chi connectivity index (χ1v) is 8.65. The van der Waals surface area contributed by atoms with Crippen molar-refractivity contribution in [2.45, 2.75) is 38.3 Å². The highest BCUT2D eigenvalue weighted by Gasteiger charge is 2.25. The first-order valence-electron chi connectivity index (χ1n) is 7.48. The molecule has 0 bridgehead atoms. The Morgan fingerprint density at radius 2 is 2.00 bits per heavy atom. The molecule has 1 nitrogen and oxygen atoms in total. The van der Waals surface area contributed by atoms with Crippen LogP contribution in [0, 0.1) is 0 Å². The number of halogens is 2. The molecular weight excluding hydrogens is 346 g/mol. The molecule has 21 heavy (non-hydrogen) atoms. The van der Waals surface area contributed by atoms with E-state index in [1.807, 2.05) is 12.1 Å². The molecule has 0 aromatic heterocycles. The predicted octanol–water partition coefficient (Wildman–Crippen LogP) is 5.83. The monoisotopic (exact) mass is 363 g/mol. The van der Waals surface area contributed by atoms with Gasteiger partial charge in [-0.15, -0.1) is 0 Å². The minimum Gasteiger partial charge on any atom is -0.303 e. The van der Waals surface area contributed by atoms with Gasteiger partial charge in [-0.1, -0.05) is 58.7 Å². The molecule has 0 amide bonds. The quantitative estimate of drug-likeness (QED) is 0.719. The van der Waals surface area contributed by atoms with Gasteiger partial charge < -0.3 is 5.32 Å². The summed E-state index contributed by atoms with van der Waals surface area (Å²) in [7, 11) is 0. The summed E-state index contributed by atoms with van der Waals surface area (Å²) >= 11 is 9.66. The van der Waals surface area contributed by atoms with Gasteiger partial charge in [0.1, 0.15) is 0 Å². The molecule has 0 fully saturated rings. The van der Waals surface area contributed by atoms with Crippen LogP contribution in [-0.4, -0.2) is 0 Å². The Hall–Kier alpha value is -0.830. The maximum atomic E-state index is 5.99. The lowest BCUT2D eigenvalue weighted by Gasteiger charge is -2.23. The minimum atomic E-state index is 0.372. The SMILES string of the molecule is CCC(NC1CCc2c(Br)cccc21)c1ccc(Cl)cc1. The second kappa shape index (κ2) is 6.51. The molecule has 1 N–H and O–H groups in total. The Kier molecular flexibility index (Phi) is 4.68. The van der Waals surface area contributed by atoms with E-state index in [9.17, 15) is 0 Å². The van der Waals surface area contributed by atoms with Crippen molar-refractivity contribution < 1.29 is 0 Å². The zero-order chi connectivity index (χ0) is 14.8. The zero-order valence-electron chi connectivity index (χ0n) is 12.1. The number of hydrogen-bond donors (Lipinski definition) is 1. The summed E-state index contributed by atoms with van der Waals surface area (Å²) in [6, 6.07) is 15.5. The lowest BCUT2D eigenvalue weighted by atomic mass is 10.0. The number of fused-ring (bicyclic) bond motifs is 1. The minimum absolute atomic E-state index is 0.372. The van der Waals surface area contributed by atoms with Gasteiger partial charge in [-0.2, -0.15) is 0 Å². The fourth-order valence-electron chi connectivity index (χ4n) is 3.17. The van der Waals surface area contributed by atoms with Crippen molar-refractivity contribution in [3.63, 3.8) is 0 Å². The average Bonchev–Trinajstić information content (AvgIpc) is 2.90. The van der Waals surface area contributed by atoms with E-state index in [0.717, 1.165) is 17.9 Å². The van der Waals surface area contributed by atoms with E-state index in [-0.39, 0.29) is 0 Å². The van der Waals surface area contributed by atoms with Gasteiger partial charge in [0.05, 0.1) is 0 Å². The van der Waals surface area contributed by atoms with E-state index in [0.29, 0.717) is 12.1 Å². The van der Waals surface area contributed by atoms with Crippen molar-refractivity contribution in [2.75, 3.05) is 0 Å². The van der Waals surface area contributed by atoms with Gasteiger partial charge in [0.15, 0.2) is 0 Å². The second-order valence-corrected chi connectivity index (χ2v) is 6.87. The van der Waals surface area contributed by atoms with Crippen molar-refractivity contribution in [1.29, 1.82) is 0 Å². The zero-order valence-corrected chi connectivity index (χ0v) is 14.4. The summed E-state index contributed by atoms with van der Waals surface area (Å²) in [5.41, 5.74) is 4.21. The summed E-state index contributed by atoms with van der Waals surface area (Å²) in [4.78, 5) is 0. The highest BCUT2D eigenvalue weighted by molar-refractivity contribution is 9.10. The Labute approximate surface area is 139 Å². The molecule has 0 saturated carbocycles. The van der Waals surface area contributed by atoms with Crippen LogP contribution in [0.15, 0.2) is 46.9 Å². The molecule has 0 saturated heterocycles. The van der Waals surface area contributed by atoms with Crippen LogP contribution >= 0.6 is 27.5 Å². The summed E-state index contributed by atoms with van der Waals surface area (Å²) in [5, 5.41) is 4.62. The summed E-state index contributed by atoms with van der Waals surface area (Å²) in [5.74, 6) is 0. The topological polar surface area (TPSA) is 12.0 Å². The summed E-state index contributed by atoms with van der Waals surface area (Å²) in [6.07, 6.45) is 3.38. The lowest BCUT2D eigenvalue weighted by Crippen LogP contribution is -2.24. The van der Waals surface area contributed by atoms with Crippen LogP contribution in [0.2, 0.25) is 5.02 Å². The van der Waals surface area contributed by atoms with Crippen LogP contribution in [0.25, 0.3) is 0 Å². The fourth-order valence-corrected chi connectivity index (χ4v) is 3.88. The van der Waals surface area contributed by atoms with Crippen LogP contribution in [0.1, 0.15) is 48.5 Å². The van der Waals surface area contributed by atoms with Crippen molar-refractivity contribution in [2.24, 2.45) is 0 Å². The van der Waals surface area contributed by atoms with Crippen molar-refractivity contribution >= 4 is 27.5 Å². The molecule has 2 unspecified atom stereocenters. The molecule has 2 aromatic carbocycles. The van der Waals surface area contributed by atoms with Gasteiger partial charge in [0.25, 0.3) is 0 Å². The third-order valence-electron chi connectivity index (χ3n) is 4.30. The molecule has 0 spiro atoms. The molecule has 0 aliphatic heterocycles. The third kappa shape index (κ3) is 3.18. The smallest absolute Gasteiger partial charge is 0.0406 e. The van der Waals surface area contributed by atoms with Crippen LogP contribution in [0.4, 0.5) is 0 Å². The van der Waals surface area contributed by atoms with Gasteiger partial charge in [-0.3, -0.25) is 0 Å². The Bertz CT molecular complexity index is 624. The van der Waals surface area contributed by atoms with E-state index in [1.54, 1.807) is 0 Å². The van der Waals surface area contributed by atoms with E-state index in [2.05, 4.69) is 58.5 Å². The average molecular weight is 365 g/mol. The van der Waals surface area contributed by atoms with Crippen LogP contribution < -0.4 is 5.32 Å². The molecule has 0 heterocycles. The van der Waals surface area contributed by atoms with E-state index >= 15 is 0 Å². The molecular formula is C18H19BrClN. The first-order chi connectivity index (χ1) is 10.2. The number of nitrogens with one attached hydrogen (secondary N) is 1. The van der Waals surface area contributed by atoms with Crippen molar-refractivity contribution in [1.82, 2.24) is 5.32 Å². The van der Waals surface area contributed by atoms with Crippen molar-refractivity contribution in [3.05, 3.63) is 68.7 Å². The number of hydrogen-bond acceptors (Lipinski definition) is 1. The highest BCUT2D eigenvalue weighted by atomic mass is 79.9. The summed E-state index contributed by atoms with van der Waals surface area (Å²) < 4.78 is 1.24. The second-order valence-electron chi connectivity index (χ2n) is 5.58. The Morgan fingerprint density at radius 3 is 2.71 bits per heavy atom. The van der Waals surface area contributed by atoms with E-state index in [1.165, 1.54) is 27.6 Å². The number of rotatable bonds is 4. The molecule has 3 heteroatoms. The molecule has 1 aliphatic carbocycles. The molecule has 2 atom stereocenters. The van der Waals surface area contributed by atoms with Gasteiger partial charge >= 0.3 is 0 Å². The fraction of sp³-hybridized carbons (Fsp3) is 0.333. The van der Waals surface area contributed by atoms with Gasteiger partial charge in [-0.25, -0.2) is 0 Å².